The summed E-state index contributed by atoms with van der Waals surface area (Å²) in [6.45, 7) is 1.60. The Bertz CT molecular complexity index is 1130. The Hall–Kier alpha value is -3.14. The minimum Gasteiger partial charge on any atom is -0.497 e. The quantitative estimate of drug-likeness (QED) is 0.303. The van der Waals surface area contributed by atoms with Gasteiger partial charge in [-0.2, -0.15) is 0 Å². The standard InChI is InChI=1S/C30H34O8/c1-31-23-10-4-20(5-11-23)16-34-19-26-27(35-17-21-6-12-24(32-2)13-7-21)28(29-30(37-26)38-29)36-18-22-8-14-25(33-3)15-9-22/h4-15,26-30H,16-19H2,1-3H3/t26-,27-,28+,29-,30+/m1/s1. The van der Waals surface area contributed by atoms with Crippen molar-refractivity contribution in [3.8, 4) is 17.2 Å². The van der Waals surface area contributed by atoms with Gasteiger partial charge < -0.3 is 37.9 Å². The van der Waals surface area contributed by atoms with E-state index < -0.39 is 0 Å². The molecule has 3 aromatic carbocycles. The molecule has 5 rings (SSSR count). The van der Waals surface area contributed by atoms with E-state index in [4.69, 9.17) is 37.9 Å². The van der Waals surface area contributed by atoms with Gasteiger partial charge in [0.05, 0.1) is 47.8 Å². The molecule has 0 radical (unpaired) electrons. The van der Waals surface area contributed by atoms with Crippen molar-refractivity contribution in [2.45, 2.75) is 50.5 Å². The summed E-state index contributed by atoms with van der Waals surface area (Å²) in [5.41, 5.74) is 3.11. The van der Waals surface area contributed by atoms with Crippen LogP contribution >= 0.6 is 0 Å². The summed E-state index contributed by atoms with van der Waals surface area (Å²) in [5.74, 6) is 2.42. The Morgan fingerprint density at radius 3 is 1.47 bits per heavy atom. The van der Waals surface area contributed by atoms with Gasteiger partial charge in [0.2, 0.25) is 0 Å². The van der Waals surface area contributed by atoms with Crippen LogP contribution in [-0.2, 0) is 43.5 Å². The molecule has 2 aliphatic rings. The van der Waals surface area contributed by atoms with Gasteiger partial charge >= 0.3 is 0 Å². The van der Waals surface area contributed by atoms with E-state index in [9.17, 15) is 0 Å². The number of fused-ring (bicyclic) bond motifs is 1. The van der Waals surface area contributed by atoms with E-state index in [2.05, 4.69) is 0 Å². The first-order chi connectivity index (χ1) is 18.7. The summed E-state index contributed by atoms with van der Waals surface area (Å²) in [4.78, 5) is 0. The van der Waals surface area contributed by atoms with Crippen molar-refractivity contribution >= 4 is 0 Å². The third-order valence-electron chi connectivity index (χ3n) is 6.72. The van der Waals surface area contributed by atoms with Crippen LogP contribution in [0.2, 0.25) is 0 Å². The van der Waals surface area contributed by atoms with Gasteiger partial charge in [0, 0.05) is 0 Å². The Morgan fingerprint density at radius 2 is 1.00 bits per heavy atom. The second-order valence-corrected chi connectivity index (χ2v) is 9.25. The summed E-state index contributed by atoms with van der Waals surface area (Å²) in [6, 6.07) is 23.5. The van der Waals surface area contributed by atoms with Crippen LogP contribution in [0.4, 0.5) is 0 Å². The molecule has 5 atom stereocenters. The molecule has 0 bridgehead atoms. The zero-order valence-electron chi connectivity index (χ0n) is 21.9. The lowest BCUT2D eigenvalue weighted by molar-refractivity contribution is -0.192. The zero-order chi connectivity index (χ0) is 26.3. The van der Waals surface area contributed by atoms with Crippen LogP contribution in [-0.4, -0.2) is 58.6 Å². The molecule has 8 nitrogen and oxygen atoms in total. The minimum absolute atomic E-state index is 0.174. The van der Waals surface area contributed by atoms with Gasteiger partial charge in [-0.05, 0) is 53.1 Å². The maximum Gasteiger partial charge on any atom is 0.187 e. The van der Waals surface area contributed by atoms with Crippen molar-refractivity contribution < 1.29 is 37.9 Å². The average molecular weight is 523 g/mol. The van der Waals surface area contributed by atoms with Crippen LogP contribution in [0, 0.1) is 0 Å². The van der Waals surface area contributed by atoms with E-state index >= 15 is 0 Å². The molecule has 2 aliphatic heterocycles. The maximum atomic E-state index is 6.44. The fourth-order valence-corrected chi connectivity index (χ4v) is 4.47. The maximum absolute atomic E-state index is 6.44. The molecule has 0 spiro atoms. The van der Waals surface area contributed by atoms with Crippen LogP contribution in [0.3, 0.4) is 0 Å². The van der Waals surface area contributed by atoms with Crippen molar-refractivity contribution in [2.24, 2.45) is 0 Å². The van der Waals surface area contributed by atoms with Crippen molar-refractivity contribution in [1.82, 2.24) is 0 Å². The third-order valence-corrected chi connectivity index (χ3v) is 6.72. The minimum atomic E-state index is -0.380. The van der Waals surface area contributed by atoms with Gasteiger partial charge in [0.25, 0.3) is 0 Å². The average Bonchev–Trinajstić information content (AvgIpc) is 3.75. The molecule has 0 aliphatic carbocycles. The molecule has 2 saturated heterocycles. The largest absolute Gasteiger partial charge is 0.497 e. The predicted molar refractivity (Wildman–Crippen MR) is 139 cm³/mol. The predicted octanol–water partition coefficient (Wildman–Crippen LogP) is 4.52. The van der Waals surface area contributed by atoms with Crippen LogP contribution < -0.4 is 14.2 Å². The normalized spacial score (nSPS) is 23.9. The Kier molecular flexibility index (Phi) is 8.78. The summed E-state index contributed by atoms with van der Waals surface area (Å²) in [7, 11) is 4.95. The number of ether oxygens (including phenoxy) is 8. The van der Waals surface area contributed by atoms with Crippen molar-refractivity contribution in [3.63, 3.8) is 0 Å². The highest BCUT2D eigenvalue weighted by molar-refractivity contribution is 5.28. The van der Waals surface area contributed by atoms with Gasteiger partial charge in [-0.15, -0.1) is 0 Å². The number of hydrogen-bond acceptors (Lipinski definition) is 8. The fraction of sp³-hybridized carbons (Fsp3) is 0.400. The molecular formula is C30H34O8. The SMILES string of the molecule is COc1ccc(COC[C@H]2O[C@H]3O[C@@H]3[C@@H](OCc3ccc(OC)cc3)[C@@H]2OCc2ccc(OC)cc2)cc1. The van der Waals surface area contributed by atoms with Gasteiger partial charge in [0.15, 0.2) is 6.29 Å². The molecule has 38 heavy (non-hydrogen) atoms. The smallest absolute Gasteiger partial charge is 0.187 e. The molecule has 3 aromatic rings. The highest BCUT2D eigenvalue weighted by Gasteiger charge is 2.58. The fourth-order valence-electron chi connectivity index (χ4n) is 4.47. The van der Waals surface area contributed by atoms with Crippen molar-refractivity contribution in [3.05, 3.63) is 89.5 Å². The lowest BCUT2D eigenvalue weighted by Crippen LogP contribution is -2.52. The number of epoxide rings is 1. The molecule has 0 N–H and O–H groups in total. The van der Waals surface area contributed by atoms with Crippen molar-refractivity contribution in [1.29, 1.82) is 0 Å². The van der Waals surface area contributed by atoms with Crippen LogP contribution in [0.5, 0.6) is 17.2 Å². The highest BCUT2D eigenvalue weighted by atomic mass is 16.8. The summed E-state index contributed by atoms with van der Waals surface area (Å²) >= 11 is 0. The molecular weight excluding hydrogens is 488 g/mol. The van der Waals surface area contributed by atoms with Gasteiger partial charge in [-0.1, -0.05) is 36.4 Å². The molecule has 0 amide bonds. The first-order valence-electron chi connectivity index (χ1n) is 12.7. The summed E-state index contributed by atoms with van der Waals surface area (Å²) in [6.07, 6.45) is -1.52. The first kappa shape index (κ1) is 26.5. The molecule has 0 saturated carbocycles. The van der Waals surface area contributed by atoms with E-state index in [0.717, 1.165) is 33.9 Å². The number of benzene rings is 3. The van der Waals surface area contributed by atoms with E-state index in [1.165, 1.54) is 0 Å². The lowest BCUT2D eigenvalue weighted by atomic mass is 10.0. The molecule has 2 fully saturated rings. The number of hydrogen-bond donors (Lipinski definition) is 0. The zero-order valence-corrected chi connectivity index (χ0v) is 21.9. The molecule has 0 aromatic heterocycles. The second-order valence-electron chi connectivity index (χ2n) is 9.25. The first-order valence-corrected chi connectivity index (χ1v) is 12.7. The number of rotatable bonds is 13. The Labute approximate surface area is 223 Å². The molecule has 8 heteroatoms. The van der Waals surface area contributed by atoms with Crippen molar-refractivity contribution in [2.75, 3.05) is 27.9 Å². The van der Waals surface area contributed by atoms with Crippen LogP contribution in [0.15, 0.2) is 72.8 Å². The van der Waals surface area contributed by atoms with Crippen LogP contribution in [0.25, 0.3) is 0 Å². The van der Waals surface area contributed by atoms with E-state index in [-0.39, 0.29) is 30.7 Å². The van der Waals surface area contributed by atoms with Gasteiger partial charge in [-0.3, -0.25) is 0 Å². The second kappa shape index (κ2) is 12.6. The molecule has 2 heterocycles. The monoisotopic (exact) mass is 522 g/mol. The topological polar surface area (TPSA) is 77.1 Å². The van der Waals surface area contributed by atoms with Gasteiger partial charge in [-0.25, -0.2) is 0 Å². The van der Waals surface area contributed by atoms with E-state index in [1.807, 2.05) is 72.8 Å². The lowest BCUT2D eigenvalue weighted by Gasteiger charge is -2.35. The van der Waals surface area contributed by atoms with Crippen LogP contribution in [0.1, 0.15) is 16.7 Å². The Balaban J connectivity index is 1.25. The van der Waals surface area contributed by atoms with E-state index in [1.54, 1.807) is 21.3 Å². The highest BCUT2D eigenvalue weighted by Crippen LogP contribution is 2.39. The summed E-state index contributed by atoms with van der Waals surface area (Å²) < 4.78 is 46.7. The molecule has 202 valence electrons. The molecule has 0 unspecified atom stereocenters. The van der Waals surface area contributed by atoms with E-state index in [0.29, 0.717) is 26.4 Å². The third kappa shape index (κ3) is 6.64. The Morgan fingerprint density at radius 1 is 0.553 bits per heavy atom. The number of methoxy groups -OCH3 is 3. The summed E-state index contributed by atoms with van der Waals surface area (Å²) in [5, 5.41) is 0. The van der Waals surface area contributed by atoms with Gasteiger partial charge in [0.1, 0.15) is 41.7 Å².